The zero-order valence-electron chi connectivity index (χ0n) is 13.0. The average Bonchev–Trinajstić information content (AvgIpc) is 2.55. The first-order valence-electron chi connectivity index (χ1n) is 7.67. The van der Waals surface area contributed by atoms with E-state index >= 15 is 0 Å². The molecule has 1 saturated carbocycles. The highest BCUT2D eigenvalue weighted by molar-refractivity contribution is 7.91. The Bertz CT molecular complexity index is 759. The monoisotopic (exact) mass is 388 g/mol. The highest BCUT2D eigenvalue weighted by Crippen LogP contribution is 2.33. The van der Waals surface area contributed by atoms with Crippen LogP contribution in [-0.4, -0.2) is 26.6 Å². The molecule has 0 saturated heterocycles. The number of benzene rings is 1. The van der Waals surface area contributed by atoms with Gasteiger partial charge in [-0.2, -0.15) is 5.26 Å². The van der Waals surface area contributed by atoms with Crippen LogP contribution in [0.5, 0.6) is 0 Å². The van der Waals surface area contributed by atoms with Crippen LogP contribution in [0.4, 0.5) is 0 Å². The van der Waals surface area contributed by atoms with Crippen molar-refractivity contribution in [1.29, 1.82) is 5.26 Å². The van der Waals surface area contributed by atoms with Crippen LogP contribution in [0.15, 0.2) is 23.1 Å². The van der Waals surface area contributed by atoms with E-state index in [-0.39, 0.29) is 40.0 Å². The zero-order chi connectivity index (χ0) is 17.7. The number of nitrogens with zero attached hydrogens (tertiary/aromatic N) is 1. The van der Waals surface area contributed by atoms with Crippen molar-refractivity contribution in [2.24, 2.45) is 11.8 Å². The molecule has 0 bridgehead atoms. The highest BCUT2D eigenvalue weighted by Gasteiger charge is 2.34. The first kappa shape index (κ1) is 19.0. The van der Waals surface area contributed by atoms with Crippen molar-refractivity contribution in [1.82, 2.24) is 5.32 Å². The molecular formula is C16H18Cl2N2O3S. The van der Waals surface area contributed by atoms with Gasteiger partial charge >= 0.3 is 0 Å². The fourth-order valence-electron chi connectivity index (χ4n) is 3.06. The lowest BCUT2D eigenvalue weighted by Gasteiger charge is -2.30. The van der Waals surface area contributed by atoms with Gasteiger partial charge < -0.3 is 5.32 Å². The Morgan fingerprint density at radius 1 is 1.25 bits per heavy atom. The van der Waals surface area contributed by atoms with E-state index in [2.05, 4.69) is 5.32 Å². The van der Waals surface area contributed by atoms with E-state index in [0.717, 1.165) is 12.8 Å². The molecule has 1 aliphatic carbocycles. The van der Waals surface area contributed by atoms with Gasteiger partial charge in [0.15, 0.2) is 9.84 Å². The number of carbonyl (C=O) groups is 1. The number of halogens is 2. The van der Waals surface area contributed by atoms with E-state index in [9.17, 15) is 13.2 Å². The molecule has 5 nitrogen and oxygen atoms in total. The minimum absolute atomic E-state index is 0.0679. The maximum absolute atomic E-state index is 12.7. The molecule has 1 aliphatic rings. The second-order valence-corrected chi connectivity index (χ2v) is 8.73. The summed E-state index contributed by atoms with van der Waals surface area (Å²) in [6, 6.07) is 6.08. The summed E-state index contributed by atoms with van der Waals surface area (Å²) in [7, 11) is -3.57. The van der Waals surface area contributed by atoms with Crippen LogP contribution < -0.4 is 5.32 Å². The number of hydrogen-bond donors (Lipinski definition) is 1. The lowest BCUT2D eigenvalue weighted by atomic mass is 9.80. The molecule has 0 aromatic heterocycles. The third-order valence-corrected chi connectivity index (χ3v) is 6.85. The number of hydrogen-bond acceptors (Lipinski definition) is 4. The predicted octanol–water partition coefficient (Wildman–Crippen LogP) is 3.21. The highest BCUT2D eigenvalue weighted by atomic mass is 35.5. The van der Waals surface area contributed by atoms with Gasteiger partial charge in [-0.05, 0) is 37.0 Å². The predicted molar refractivity (Wildman–Crippen MR) is 92.6 cm³/mol. The number of rotatable bonds is 5. The van der Waals surface area contributed by atoms with Gasteiger partial charge in [-0.15, -0.1) is 0 Å². The summed E-state index contributed by atoms with van der Waals surface area (Å²) in [6.45, 7) is -0.0679. The van der Waals surface area contributed by atoms with Gasteiger partial charge in [0.25, 0.3) is 0 Å². The van der Waals surface area contributed by atoms with E-state index in [1.807, 2.05) is 6.07 Å². The topological polar surface area (TPSA) is 87.0 Å². The van der Waals surface area contributed by atoms with Crippen LogP contribution in [0.2, 0.25) is 10.0 Å². The molecule has 24 heavy (non-hydrogen) atoms. The Kier molecular flexibility index (Phi) is 6.50. The Morgan fingerprint density at radius 3 is 2.62 bits per heavy atom. The van der Waals surface area contributed by atoms with Gasteiger partial charge in [0.05, 0.1) is 26.8 Å². The number of nitrogens with one attached hydrogen (secondary N) is 1. The van der Waals surface area contributed by atoms with E-state index in [1.165, 1.54) is 18.2 Å². The fourth-order valence-corrected chi connectivity index (χ4v) is 5.15. The van der Waals surface area contributed by atoms with E-state index in [1.54, 1.807) is 0 Å². The van der Waals surface area contributed by atoms with E-state index < -0.39 is 9.84 Å². The minimum Gasteiger partial charge on any atom is -0.343 e. The summed E-state index contributed by atoms with van der Waals surface area (Å²) in [5, 5.41) is 11.6. The van der Waals surface area contributed by atoms with Crippen molar-refractivity contribution in [3.63, 3.8) is 0 Å². The average molecular weight is 389 g/mol. The summed E-state index contributed by atoms with van der Waals surface area (Å²) < 4.78 is 25.3. The molecule has 0 radical (unpaired) electrons. The Balaban J connectivity index is 2.17. The maximum atomic E-state index is 12.7. The summed E-state index contributed by atoms with van der Waals surface area (Å²) in [6.07, 6.45) is 3.08. The Hall–Kier alpha value is -1.29. The summed E-state index contributed by atoms with van der Waals surface area (Å²) in [5.41, 5.74) is 0. The molecule has 8 heteroatoms. The fraction of sp³-hybridized carbons (Fsp3) is 0.500. The largest absolute Gasteiger partial charge is 0.343 e. The number of sulfone groups is 1. The van der Waals surface area contributed by atoms with Crippen LogP contribution in [0, 0.1) is 23.2 Å². The van der Waals surface area contributed by atoms with E-state index in [4.69, 9.17) is 28.5 Å². The molecule has 2 rings (SSSR count). The van der Waals surface area contributed by atoms with Crippen molar-refractivity contribution >= 4 is 38.9 Å². The number of nitriles is 1. The summed E-state index contributed by atoms with van der Waals surface area (Å²) >= 11 is 11.7. The van der Waals surface area contributed by atoms with Crippen molar-refractivity contribution in [2.75, 3.05) is 12.3 Å². The van der Waals surface area contributed by atoms with Gasteiger partial charge in [-0.3, -0.25) is 4.79 Å². The molecule has 0 aliphatic heterocycles. The molecular weight excluding hydrogens is 371 g/mol. The lowest BCUT2D eigenvalue weighted by Crippen LogP contribution is -2.39. The molecule has 0 unspecified atom stereocenters. The van der Waals surface area contributed by atoms with Crippen molar-refractivity contribution in [3.8, 4) is 6.07 Å². The van der Waals surface area contributed by atoms with Crippen molar-refractivity contribution in [3.05, 3.63) is 28.2 Å². The quantitative estimate of drug-likeness (QED) is 0.784. The van der Waals surface area contributed by atoms with Gasteiger partial charge in [0, 0.05) is 5.92 Å². The third kappa shape index (κ3) is 4.62. The Labute approximate surface area is 151 Å². The van der Waals surface area contributed by atoms with Crippen LogP contribution >= 0.6 is 23.2 Å². The second-order valence-electron chi connectivity index (χ2n) is 5.88. The van der Waals surface area contributed by atoms with Gasteiger partial charge in [0.2, 0.25) is 5.91 Å². The molecule has 130 valence electrons. The second kappa shape index (κ2) is 8.19. The third-order valence-electron chi connectivity index (χ3n) is 4.27. The summed E-state index contributed by atoms with van der Waals surface area (Å²) in [4.78, 5) is 12.3. The van der Waals surface area contributed by atoms with Crippen LogP contribution in [0.3, 0.4) is 0 Å². The van der Waals surface area contributed by atoms with Gasteiger partial charge in [-0.25, -0.2) is 8.42 Å². The van der Waals surface area contributed by atoms with Crippen LogP contribution in [0.1, 0.15) is 25.7 Å². The van der Waals surface area contributed by atoms with Crippen molar-refractivity contribution in [2.45, 2.75) is 30.6 Å². The van der Waals surface area contributed by atoms with E-state index in [0.29, 0.717) is 17.9 Å². The minimum atomic E-state index is -3.57. The zero-order valence-corrected chi connectivity index (χ0v) is 15.3. The molecule has 2 atom stereocenters. The van der Waals surface area contributed by atoms with Crippen molar-refractivity contribution < 1.29 is 13.2 Å². The van der Waals surface area contributed by atoms with Crippen LogP contribution in [0.25, 0.3) is 0 Å². The smallest absolute Gasteiger partial charge is 0.224 e. The maximum Gasteiger partial charge on any atom is 0.224 e. The number of amides is 1. The molecule has 1 aromatic rings. The first-order chi connectivity index (χ1) is 11.3. The number of carbonyl (C=O) groups excluding carboxylic acids is 1. The normalized spacial score (nSPS) is 21.0. The SMILES string of the molecule is N#CCNC(=O)[C@@H]1CCCC[C@H]1CS(=O)(=O)c1ccc(Cl)c(Cl)c1. The van der Waals surface area contributed by atoms with Gasteiger partial charge in [0.1, 0.15) is 6.54 Å². The molecule has 1 aromatic carbocycles. The van der Waals surface area contributed by atoms with Gasteiger partial charge in [-0.1, -0.05) is 36.0 Å². The van der Waals surface area contributed by atoms with Crippen LogP contribution in [-0.2, 0) is 14.6 Å². The molecule has 0 spiro atoms. The first-order valence-corrected chi connectivity index (χ1v) is 10.1. The summed E-state index contributed by atoms with van der Waals surface area (Å²) in [5.74, 6) is -1.01. The lowest BCUT2D eigenvalue weighted by molar-refractivity contribution is -0.127. The molecule has 1 amide bonds. The molecule has 0 heterocycles. The molecule has 1 N–H and O–H groups in total. The molecule has 1 fully saturated rings. The Morgan fingerprint density at radius 2 is 1.96 bits per heavy atom. The standard InChI is InChI=1S/C16H18Cl2N2O3S/c17-14-6-5-12(9-15(14)18)24(22,23)10-11-3-1-2-4-13(11)16(21)20-8-7-19/h5-6,9,11,13H,1-4,8,10H2,(H,20,21)/t11-,13+/m0/s1.